The molecule has 2 rings (SSSR count). The first-order valence-electron chi connectivity index (χ1n) is 8.56. The molecule has 0 radical (unpaired) electrons. The number of primary sulfonamides is 1. The average molecular weight is 428 g/mol. The van der Waals surface area contributed by atoms with Crippen molar-refractivity contribution in [2.45, 2.75) is 24.7 Å². The van der Waals surface area contributed by atoms with Gasteiger partial charge in [0.2, 0.25) is 10.0 Å². The molecule has 0 aromatic heterocycles. The van der Waals surface area contributed by atoms with Gasteiger partial charge in [0.05, 0.1) is 11.5 Å². The van der Waals surface area contributed by atoms with Crippen molar-refractivity contribution >= 4 is 27.6 Å². The first-order chi connectivity index (χ1) is 13.3. The molecule has 2 aromatic rings. The summed E-state index contributed by atoms with van der Waals surface area (Å²) in [5, 5.41) is 5.67. The molecule has 0 unspecified atom stereocenters. The first kappa shape index (κ1) is 22.0. The van der Waals surface area contributed by atoms with Crippen LogP contribution in [0.15, 0.2) is 47.4 Å². The number of rotatable bonds is 10. The largest absolute Gasteiger partial charge is 0.493 e. The highest BCUT2D eigenvalue weighted by Crippen LogP contribution is 2.22. The molecule has 0 bridgehead atoms. The summed E-state index contributed by atoms with van der Waals surface area (Å²) in [6, 6.07) is 11.0. The van der Waals surface area contributed by atoms with Gasteiger partial charge in [-0.15, -0.1) is 0 Å². The third kappa shape index (κ3) is 7.38. The van der Waals surface area contributed by atoms with Gasteiger partial charge in [-0.3, -0.25) is 4.79 Å². The van der Waals surface area contributed by atoms with Crippen LogP contribution in [-0.2, 0) is 19.6 Å². The van der Waals surface area contributed by atoms with Gasteiger partial charge in [-0.05, 0) is 61.4 Å². The smallest absolute Gasteiger partial charge is 0.306 e. The first-order valence-corrected chi connectivity index (χ1v) is 10.5. The maximum absolute atomic E-state index is 11.7. The number of hydrogen-bond acceptors (Lipinski definition) is 6. The fourth-order valence-electron chi connectivity index (χ4n) is 2.29. The van der Waals surface area contributed by atoms with Gasteiger partial charge in [0, 0.05) is 11.4 Å². The highest BCUT2D eigenvalue weighted by molar-refractivity contribution is 7.89. The number of hydrogen-bond donors (Lipinski definition) is 1. The quantitative estimate of drug-likeness (QED) is 0.461. The normalized spacial score (nSPS) is 11.1. The van der Waals surface area contributed by atoms with Crippen molar-refractivity contribution in [1.29, 1.82) is 0 Å². The average Bonchev–Trinajstić information content (AvgIpc) is 2.63. The molecule has 0 heterocycles. The molecule has 0 fully saturated rings. The van der Waals surface area contributed by atoms with Gasteiger partial charge in [0.25, 0.3) is 0 Å². The number of halogens is 1. The van der Waals surface area contributed by atoms with E-state index in [9.17, 15) is 13.2 Å². The lowest BCUT2D eigenvalue weighted by Gasteiger charge is -2.10. The van der Waals surface area contributed by atoms with E-state index < -0.39 is 10.0 Å². The van der Waals surface area contributed by atoms with Gasteiger partial charge < -0.3 is 14.2 Å². The topological polar surface area (TPSA) is 105 Å². The Balaban J connectivity index is 1.60. The minimum absolute atomic E-state index is 0.00212. The highest BCUT2D eigenvalue weighted by Gasteiger charge is 2.08. The predicted octanol–water partition coefficient (Wildman–Crippen LogP) is 3.08. The van der Waals surface area contributed by atoms with Crippen LogP contribution in [0.4, 0.5) is 0 Å². The monoisotopic (exact) mass is 427 g/mol. The van der Waals surface area contributed by atoms with Gasteiger partial charge in [0.1, 0.15) is 24.7 Å². The Morgan fingerprint density at radius 1 is 1.04 bits per heavy atom. The van der Waals surface area contributed by atoms with Crippen molar-refractivity contribution in [3.05, 3.63) is 53.1 Å². The summed E-state index contributed by atoms with van der Waals surface area (Å²) in [5.74, 6) is 0.847. The van der Waals surface area contributed by atoms with Crippen molar-refractivity contribution in [2.75, 3.05) is 19.8 Å². The molecular weight excluding hydrogens is 406 g/mol. The third-order valence-corrected chi connectivity index (χ3v) is 4.85. The zero-order chi connectivity index (χ0) is 20.6. The van der Waals surface area contributed by atoms with Crippen LogP contribution >= 0.6 is 11.6 Å². The minimum atomic E-state index is -3.73. The Hall–Kier alpha value is -2.29. The van der Waals surface area contributed by atoms with Gasteiger partial charge in [0.15, 0.2) is 0 Å². The van der Waals surface area contributed by atoms with Crippen molar-refractivity contribution in [2.24, 2.45) is 5.14 Å². The molecule has 0 atom stereocenters. The molecule has 0 spiro atoms. The summed E-state index contributed by atoms with van der Waals surface area (Å²) < 4.78 is 38.4. The predicted molar refractivity (Wildman–Crippen MR) is 105 cm³/mol. The Bertz CT molecular complexity index is 899. The van der Waals surface area contributed by atoms with E-state index in [1.54, 1.807) is 12.1 Å². The second kappa shape index (κ2) is 10.3. The maximum Gasteiger partial charge on any atom is 0.306 e. The number of aryl methyl sites for hydroxylation is 1. The molecule has 0 saturated carbocycles. The van der Waals surface area contributed by atoms with Crippen LogP contribution in [0.1, 0.15) is 18.4 Å². The summed E-state index contributed by atoms with van der Waals surface area (Å²) in [5.41, 5.74) is 0.935. The molecule has 152 valence electrons. The summed E-state index contributed by atoms with van der Waals surface area (Å²) in [6.45, 7) is 2.54. The summed E-state index contributed by atoms with van der Waals surface area (Å²) in [4.78, 5) is 11.7. The van der Waals surface area contributed by atoms with Crippen LogP contribution in [0.2, 0.25) is 5.02 Å². The number of carbonyl (C=O) groups excluding carboxylic acids is 1. The number of esters is 1. The van der Waals surface area contributed by atoms with E-state index in [1.807, 2.05) is 13.0 Å². The lowest BCUT2D eigenvalue weighted by Crippen LogP contribution is -2.13. The van der Waals surface area contributed by atoms with Gasteiger partial charge >= 0.3 is 5.97 Å². The molecule has 28 heavy (non-hydrogen) atoms. The lowest BCUT2D eigenvalue weighted by atomic mass is 10.2. The zero-order valence-corrected chi connectivity index (χ0v) is 17.0. The number of carbonyl (C=O) groups is 1. The Kier molecular flexibility index (Phi) is 8.10. The number of benzene rings is 2. The molecule has 0 saturated heterocycles. The van der Waals surface area contributed by atoms with Crippen LogP contribution in [0, 0.1) is 6.92 Å². The van der Waals surface area contributed by atoms with E-state index in [-0.39, 0.29) is 30.5 Å². The highest BCUT2D eigenvalue weighted by atomic mass is 35.5. The van der Waals surface area contributed by atoms with Crippen LogP contribution in [0.5, 0.6) is 11.5 Å². The SMILES string of the molecule is Cc1cc(Cl)ccc1OCCCC(=O)OCCOc1ccc(S(N)(=O)=O)cc1. The zero-order valence-electron chi connectivity index (χ0n) is 15.4. The number of ether oxygens (including phenoxy) is 3. The molecule has 0 aliphatic rings. The molecule has 7 nitrogen and oxygen atoms in total. The van der Waals surface area contributed by atoms with E-state index in [0.717, 1.165) is 11.3 Å². The summed E-state index contributed by atoms with van der Waals surface area (Å²) >= 11 is 5.89. The lowest BCUT2D eigenvalue weighted by molar-refractivity contribution is -0.144. The van der Waals surface area contributed by atoms with E-state index in [1.165, 1.54) is 24.3 Å². The molecule has 2 N–H and O–H groups in total. The van der Waals surface area contributed by atoms with Crippen LogP contribution in [0.25, 0.3) is 0 Å². The van der Waals surface area contributed by atoms with Gasteiger partial charge in [-0.1, -0.05) is 11.6 Å². The Morgan fingerprint density at radius 2 is 1.75 bits per heavy atom. The minimum Gasteiger partial charge on any atom is -0.493 e. The van der Waals surface area contributed by atoms with E-state index in [4.69, 9.17) is 31.0 Å². The second-order valence-corrected chi connectivity index (χ2v) is 7.95. The third-order valence-electron chi connectivity index (χ3n) is 3.69. The molecule has 0 aliphatic heterocycles. The summed E-state index contributed by atoms with van der Waals surface area (Å²) in [7, 11) is -3.73. The fourth-order valence-corrected chi connectivity index (χ4v) is 3.03. The maximum atomic E-state index is 11.7. The van der Waals surface area contributed by atoms with E-state index in [0.29, 0.717) is 23.8 Å². The number of nitrogens with two attached hydrogens (primary N) is 1. The standard InChI is InChI=1S/C19H22ClNO6S/c1-14-13-15(20)4-9-18(14)26-10-2-3-19(22)27-12-11-25-16-5-7-17(8-6-16)28(21,23)24/h4-9,13H,2-3,10-12H2,1H3,(H2,21,23,24). The Morgan fingerprint density at radius 3 is 2.39 bits per heavy atom. The van der Waals surface area contributed by atoms with Crippen LogP contribution in [0.3, 0.4) is 0 Å². The fraction of sp³-hybridized carbons (Fsp3) is 0.316. The van der Waals surface area contributed by atoms with E-state index in [2.05, 4.69) is 0 Å². The van der Waals surface area contributed by atoms with Gasteiger partial charge in [-0.25, -0.2) is 13.6 Å². The molecule has 0 aliphatic carbocycles. The van der Waals surface area contributed by atoms with Gasteiger partial charge in [-0.2, -0.15) is 0 Å². The molecule has 0 amide bonds. The van der Waals surface area contributed by atoms with E-state index >= 15 is 0 Å². The van der Waals surface area contributed by atoms with Crippen molar-refractivity contribution in [1.82, 2.24) is 0 Å². The van der Waals surface area contributed by atoms with Crippen molar-refractivity contribution in [3.63, 3.8) is 0 Å². The van der Waals surface area contributed by atoms with Crippen LogP contribution in [-0.4, -0.2) is 34.2 Å². The van der Waals surface area contributed by atoms with Crippen LogP contribution < -0.4 is 14.6 Å². The van der Waals surface area contributed by atoms with Crippen molar-refractivity contribution < 1.29 is 27.4 Å². The second-order valence-electron chi connectivity index (χ2n) is 5.95. The molecule has 2 aromatic carbocycles. The Labute approximate surface area is 169 Å². The summed E-state index contributed by atoms with van der Waals surface area (Å²) in [6.07, 6.45) is 0.756. The molecular formula is C19H22ClNO6S. The van der Waals surface area contributed by atoms with Crippen molar-refractivity contribution in [3.8, 4) is 11.5 Å². The molecule has 9 heteroatoms. The number of sulfonamides is 1.